The van der Waals surface area contributed by atoms with E-state index >= 15 is 0 Å². The Hall–Kier alpha value is -0.910. The number of ether oxygens (including phenoxy) is 1. The van der Waals surface area contributed by atoms with Crippen LogP contribution in [0.1, 0.15) is 12.0 Å². The molecule has 1 unspecified atom stereocenters. The maximum atomic E-state index is 11.7. The first-order chi connectivity index (χ1) is 8.57. The molecule has 0 radical (unpaired) electrons. The van der Waals surface area contributed by atoms with Gasteiger partial charge in [0.15, 0.2) is 0 Å². The van der Waals surface area contributed by atoms with E-state index in [1.165, 1.54) is 0 Å². The molecule has 0 bridgehead atoms. The average molecular weight is 314 g/mol. The standard InChI is InChI=1S/C13H16BrNO3/c14-11-3-1-2-10(6-11)7-12(16)15-8-13(17)4-5-18-9-13/h1-3,6,17H,4-5,7-9H2,(H,15,16). The van der Waals surface area contributed by atoms with E-state index < -0.39 is 5.60 Å². The van der Waals surface area contributed by atoms with Crippen LogP contribution in [0, 0.1) is 0 Å². The number of carbonyl (C=O) groups excluding carboxylic acids is 1. The third-order valence-corrected chi connectivity index (χ3v) is 3.44. The minimum Gasteiger partial charge on any atom is -0.386 e. The molecule has 18 heavy (non-hydrogen) atoms. The van der Waals surface area contributed by atoms with Crippen LogP contribution in [-0.2, 0) is 16.0 Å². The number of halogens is 1. The fourth-order valence-corrected chi connectivity index (χ4v) is 2.34. The summed E-state index contributed by atoms with van der Waals surface area (Å²) in [5, 5.41) is 12.8. The van der Waals surface area contributed by atoms with Gasteiger partial charge in [-0.3, -0.25) is 4.79 Å². The average Bonchev–Trinajstić information content (AvgIpc) is 2.74. The van der Waals surface area contributed by atoms with Crippen molar-refractivity contribution >= 4 is 21.8 Å². The van der Waals surface area contributed by atoms with Crippen LogP contribution in [0.2, 0.25) is 0 Å². The summed E-state index contributed by atoms with van der Waals surface area (Å²) in [6, 6.07) is 7.62. The van der Waals surface area contributed by atoms with Crippen molar-refractivity contribution in [2.75, 3.05) is 19.8 Å². The molecule has 1 heterocycles. The molecule has 1 atom stereocenters. The van der Waals surface area contributed by atoms with Gasteiger partial charge in [-0.15, -0.1) is 0 Å². The van der Waals surface area contributed by atoms with Crippen LogP contribution in [0.4, 0.5) is 0 Å². The fourth-order valence-electron chi connectivity index (χ4n) is 1.89. The molecular weight excluding hydrogens is 298 g/mol. The highest BCUT2D eigenvalue weighted by Gasteiger charge is 2.32. The summed E-state index contributed by atoms with van der Waals surface area (Å²) in [5.41, 5.74) is 0.0453. The van der Waals surface area contributed by atoms with E-state index in [9.17, 15) is 9.90 Å². The first kappa shape index (κ1) is 13.5. The number of nitrogens with one attached hydrogen (secondary N) is 1. The number of carbonyl (C=O) groups is 1. The SMILES string of the molecule is O=C(Cc1cccc(Br)c1)NCC1(O)CCOC1. The zero-order valence-corrected chi connectivity index (χ0v) is 11.6. The van der Waals surface area contributed by atoms with E-state index in [-0.39, 0.29) is 12.5 Å². The lowest BCUT2D eigenvalue weighted by Crippen LogP contribution is -2.43. The largest absolute Gasteiger partial charge is 0.386 e. The minimum absolute atomic E-state index is 0.0894. The number of amides is 1. The Balaban J connectivity index is 1.82. The molecule has 1 aromatic carbocycles. The van der Waals surface area contributed by atoms with Crippen LogP contribution in [0.3, 0.4) is 0 Å². The molecule has 1 amide bonds. The molecule has 0 aliphatic carbocycles. The summed E-state index contributed by atoms with van der Waals surface area (Å²) < 4.78 is 6.07. The lowest BCUT2D eigenvalue weighted by atomic mass is 10.0. The second kappa shape index (κ2) is 5.82. The van der Waals surface area contributed by atoms with Crippen LogP contribution in [0.15, 0.2) is 28.7 Å². The van der Waals surface area contributed by atoms with Gasteiger partial charge in [-0.2, -0.15) is 0 Å². The van der Waals surface area contributed by atoms with Crippen LogP contribution < -0.4 is 5.32 Å². The van der Waals surface area contributed by atoms with Crippen LogP contribution in [0.5, 0.6) is 0 Å². The Morgan fingerprint density at radius 3 is 3.06 bits per heavy atom. The third kappa shape index (κ3) is 3.80. The Kier molecular flexibility index (Phi) is 4.37. The molecule has 4 nitrogen and oxygen atoms in total. The summed E-state index contributed by atoms with van der Waals surface area (Å²) in [6.45, 7) is 1.10. The summed E-state index contributed by atoms with van der Waals surface area (Å²) in [6.07, 6.45) is 0.889. The van der Waals surface area contributed by atoms with E-state index in [1.54, 1.807) is 0 Å². The first-order valence-electron chi connectivity index (χ1n) is 5.89. The topological polar surface area (TPSA) is 58.6 Å². The number of hydrogen-bond acceptors (Lipinski definition) is 3. The normalized spacial score (nSPS) is 23.0. The molecule has 0 saturated carbocycles. The second-order valence-electron chi connectivity index (χ2n) is 4.61. The van der Waals surface area contributed by atoms with E-state index in [2.05, 4.69) is 21.2 Å². The van der Waals surface area contributed by atoms with Gasteiger partial charge in [-0.05, 0) is 17.7 Å². The highest BCUT2D eigenvalue weighted by Crippen LogP contribution is 2.17. The number of benzene rings is 1. The molecule has 0 aromatic heterocycles. The van der Waals surface area contributed by atoms with Crippen LogP contribution in [-0.4, -0.2) is 36.4 Å². The molecule has 1 aliphatic rings. The molecule has 2 rings (SSSR count). The molecule has 0 spiro atoms. The van der Waals surface area contributed by atoms with Gasteiger partial charge in [0.25, 0.3) is 0 Å². The zero-order valence-electron chi connectivity index (χ0n) is 9.99. The van der Waals surface area contributed by atoms with Gasteiger partial charge in [0.2, 0.25) is 5.91 Å². The van der Waals surface area contributed by atoms with Crippen LogP contribution in [0.25, 0.3) is 0 Å². The third-order valence-electron chi connectivity index (χ3n) is 2.95. The monoisotopic (exact) mass is 313 g/mol. The van der Waals surface area contributed by atoms with Gasteiger partial charge < -0.3 is 15.2 Å². The van der Waals surface area contributed by atoms with Crippen molar-refractivity contribution in [2.45, 2.75) is 18.4 Å². The molecular formula is C13H16BrNO3. The highest BCUT2D eigenvalue weighted by atomic mass is 79.9. The summed E-state index contributed by atoms with van der Waals surface area (Å²) in [4.78, 5) is 11.7. The maximum absolute atomic E-state index is 11.7. The molecule has 1 aromatic rings. The van der Waals surface area contributed by atoms with Crippen molar-refractivity contribution in [3.63, 3.8) is 0 Å². The lowest BCUT2D eigenvalue weighted by molar-refractivity contribution is -0.121. The van der Waals surface area contributed by atoms with Crippen molar-refractivity contribution in [1.82, 2.24) is 5.32 Å². The molecule has 98 valence electrons. The van der Waals surface area contributed by atoms with Gasteiger partial charge in [0.05, 0.1) is 13.0 Å². The predicted octanol–water partition coefficient (Wildman–Crippen LogP) is 1.26. The number of hydrogen-bond donors (Lipinski definition) is 2. The molecule has 1 fully saturated rings. The van der Waals surface area contributed by atoms with E-state index in [0.717, 1.165) is 10.0 Å². The van der Waals surface area contributed by atoms with Crippen LogP contribution >= 0.6 is 15.9 Å². The second-order valence-corrected chi connectivity index (χ2v) is 5.53. The van der Waals surface area contributed by atoms with Gasteiger partial charge in [0, 0.05) is 24.0 Å². The van der Waals surface area contributed by atoms with Crippen molar-refractivity contribution < 1.29 is 14.6 Å². The Morgan fingerprint density at radius 1 is 1.56 bits per heavy atom. The molecule has 1 saturated heterocycles. The maximum Gasteiger partial charge on any atom is 0.224 e. The quantitative estimate of drug-likeness (QED) is 0.880. The Morgan fingerprint density at radius 2 is 2.39 bits per heavy atom. The number of aliphatic hydroxyl groups is 1. The summed E-state index contributed by atoms with van der Waals surface area (Å²) in [5.74, 6) is -0.0894. The summed E-state index contributed by atoms with van der Waals surface area (Å²) in [7, 11) is 0. The lowest BCUT2D eigenvalue weighted by Gasteiger charge is -2.20. The Bertz CT molecular complexity index is 430. The van der Waals surface area contributed by atoms with Gasteiger partial charge in [0.1, 0.15) is 5.60 Å². The van der Waals surface area contributed by atoms with Crippen molar-refractivity contribution in [3.8, 4) is 0 Å². The molecule has 5 heteroatoms. The summed E-state index contributed by atoms with van der Waals surface area (Å²) >= 11 is 3.37. The van der Waals surface area contributed by atoms with Gasteiger partial charge in [-0.1, -0.05) is 28.1 Å². The van der Waals surface area contributed by atoms with Gasteiger partial charge >= 0.3 is 0 Å². The Labute approximate surface area is 114 Å². The van der Waals surface area contributed by atoms with E-state index in [1.807, 2.05) is 24.3 Å². The smallest absolute Gasteiger partial charge is 0.224 e. The minimum atomic E-state index is -0.896. The van der Waals surface area contributed by atoms with E-state index in [0.29, 0.717) is 26.1 Å². The zero-order chi connectivity index (χ0) is 13.0. The number of rotatable bonds is 4. The van der Waals surface area contributed by atoms with Crippen molar-refractivity contribution in [2.24, 2.45) is 0 Å². The fraction of sp³-hybridized carbons (Fsp3) is 0.462. The van der Waals surface area contributed by atoms with Gasteiger partial charge in [-0.25, -0.2) is 0 Å². The van der Waals surface area contributed by atoms with E-state index in [4.69, 9.17) is 4.74 Å². The first-order valence-corrected chi connectivity index (χ1v) is 6.68. The van der Waals surface area contributed by atoms with Crippen molar-refractivity contribution in [3.05, 3.63) is 34.3 Å². The predicted molar refractivity (Wildman–Crippen MR) is 71.2 cm³/mol. The highest BCUT2D eigenvalue weighted by molar-refractivity contribution is 9.10. The molecule has 2 N–H and O–H groups in total. The molecule has 1 aliphatic heterocycles. The van der Waals surface area contributed by atoms with Crippen molar-refractivity contribution in [1.29, 1.82) is 0 Å².